The van der Waals surface area contributed by atoms with E-state index in [4.69, 9.17) is 0 Å². The van der Waals surface area contributed by atoms with E-state index in [1.165, 1.54) is 6.20 Å². The number of rotatable bonds is 4. The number of carbonyl (C=O) groups excluding carboxylic acids is 1. The molecule has 0 spiro atoms. The molecule has 0 N–H and O–H groups in total. The second-order valence-corrected chi connectivity index (χ2v) is 3.97. The van der Waals surface area contributed by atoms with Crippen LogP contribution < -0.4 is 0 Å². The van der Waals surface area contributed by atoms with Crippen LogP contribution in [0.3, 0.4) is 0 Å². The highest BCUT2D eigenvalue weighted by Crippen LogP contribution is 2.12. The molecule has 2 heterocycles. The predicted octanol–water partition coefficient (Wildman–Crippen LogP) is 0.961. The van der Waals surface area contributed by atoms with E-state index in [-0.39, 0.29) is 5.78 Å². The van der Waals surface area contributed by atoms with Gasteiger partial charge in [0.05, 0.1) is 17.5 Å². The Kier molecular flexibility index (Phi) is 3.03. The average molecular weight is 233 g/mol. The van der Waals surface area contributed by atoms with E-state index in [0.29, 0.717) is 17.8 Å². The van der Waals surface area contributed by atoms with Gasteiger partial charge in [0.1, 0.15) is 5.69 Å². The van der Waals surface area contributed by atoms with E-state index >= 15 is 0 Å². The SMILES string of the molecule is CCCn1nncc1C(=O)c1cn(C)nc1C. The van der Waals surface area contributed by atoms with Gasteiger partial charge in [-0.05, 0) is 13.3 Å². The number of hydrogen-bond donors (Lipinski definition) is 0. The van der Waals surface area contributed by atoms with Crippen molar-refractivity contribution in [3.8, 4) is 0 Å². The molecule has 2 aromatic rings. The summed E-state index contributed by atoms with van der Waals surface area (Å²) in [5.74, 6) is -0.0750. The molecule has 90 valence electrons. The molecule has 2 aromatic heterocycles. The van der Waals surface area contributed by atoms with Gasteiger partial charge in [0, 0.05) is 19.8 Å². The molecule has 6 heteroatoms. The first-order chi connectivity index (χ1) is 8.13. The van der Waals surface area contributed by atoms with E-state index in [2.05, 4.69) is 15.4 Å². The highest BCUT2D eigenvalue weighted by molar-refractivity contribution is 6.08. The molecule has 0 aliphatic heterocycles. The normalized spacial score (nSPS) is 10.8. The Labute approximate surface area is 99.2 Å². The van der Waals surface area contributed by atoms with Gasteiger partial charge in [-0.3, -0.25) is 9.48 Å². The molecule has 0 amide bonds. The zero-order valence-corrected chi connectivity index (χ0v) is 10.2. The molecule has 0 aromatic carbocycles. The zero-order chi connectivity index (χ0) is 12.4. The van der Waals surface area contributed by atoms with Gasteiger partial charge in [0.25, 0.3) is 0 Å². The van der Waals surface area contributed by atoms with Crippen LogP contribution in [0.15, 0.2) is 12.4 Å². The van der Waals surface area contributed by atoms with Crippen molar-refractivity contribution < 1.29 is 4.79 Å². The Morgan fingerprint density at radius 3 is 2.82 bits per heavy atom. The molecule has 0 bridgehead atoms. The van der Waals surface area contributed by atoms with Gasteiger partial charge in [-0.25, -0.2) is 4.68 Å². The minimum atomic E-state index is -0.0750. The first kappa shape index (κ1) is 11.5. The molecule has 0 atom stereocenters. The second-order valence-electron chi connectivity index (χ2n) is 3.97. The molecule has 6 nitrogen and oxygen atoms in total. The Hall–Kier alpha value is -1.98. The molecule has 0 fully saturated rings. The van der Waals surface area contributed by atoms with Crippen LogP contribution in [0.1, 0.15) is 35.1 Å². The molecule has 0 saturated heterocycles. The smallest absolute Gasteiger partial charge is 0.216 e. The van der Waals surface area contributed by atoms with Crippen molar-refractivity contribution in [2.24, 2.45) is 7.05 Å². The lowest BCUT2D eigenvalue weighted by atomic mass is 10.1. The molecule has 17 heavy (non-hydrogen) atoms. The maximum absolute atomic E-state index is 12.3. The molecule has 0 aliphatic rings. The van der Waals surface area contributed by atoms with Crippen LogP contribution in [-0.4, -0.2) is 30.6 Å². The summed E-state index contributed by atoms with van der Waals surface area (Å²) in [6.45, 7) is 4.55. The lowest BCUT2D eigenvalue weighted by Gasteiger charge is -2.02. The minimum Gasteiger partial charge on any atom is -0.287 e. The molecular weight excluding hydrogens is 218 g/mol. The van der Waals surface area contributed by atoms with Crippen LogP contribution in [0.4, 0.5) is 0 Å². The standard InChI is InChI=1S/C11H15N5O/c1-4-5-16-10(6-12-14-16)11(17)9-7-15(3)13-8(9)2/h6-7H,4-5H2,1-3H3. The fraction of sp³-hybridized carbons (Fsp3) is 0.455. The average Bonchev–Trinajstić information content (AvgIpc) is 2.85. The molecular formula is C11H15N5O. The van der Waals surface area contributed by atoms with Crippen LogP contribution in [0.5, 0.6) is 0 Å². The lowest BCUT2D eigenvalue weighted by molar-refractivity contribution is 0.102. The van der Waals surface area contributed by atoms with Crippen LogP contribution in [0, 0.1) is 6.92 Å². The summed E-state index contributed by atoms with van der Waals surface area (Å²) >= 11 is 0. The molecule has 2 rings (SSSR count). The number of aryl methyl sites for hydroxylation is 3. The maximum atomic E-state index is 12.3. The Bertz CT molecular complexity index is 540. The zero-order valence-electron chi connectivity index (χ0n) is 10.2. The van der Waals surface area contributed by atoms with E-state index in [0.717, 1.165) is 12.1 Å². The van der Waals surface area contributed by atoms with Crippen molar-refractivity contribution in [1.29, 1.82) is 0 Å². The van der Waals surface area contributed by atoms with Crippen LogP contribution in [0.25, 0.3) is 0 Å². The Morgan fingerprint density at radius 1 is 1.47 bits per heavy atom. The summed E-state index contributed by atoms with van der Waals surface area (Å²) in [6.07, 6.45) is 4.14. The quantitative estimate of drug-likeness (QED) is 0.738. The number of nitrogens with zero attached hydrogens (tertiary/aromatic N) is 5. The van der Waals surface area contributed by atoms with E-state index in [9.17, 15) is 4.79 Å². The Balaban J connectivity index is 2.37. The third-order valence-corrected chi connectivity index (χ3v) is 2.54. The van der Waals surface area contributed by atoms with Crippen LogP contribution in [0.2, 0.25) is 0 Å². The summed E-state index contributed by atoms with van der Waals surface area (Å²) in [7, 11) is 1.80. The number of aromatic nitrogens is 5. The van der Waals surface area contributed by atoms with Crippen molar-refractivity contribution in [1.82, 2.24) is 24.8 Å². The topological polar surface area (TPSA) is 65.6 Å². The van der Waals surface area contributed by atoms with Crippen molar-refractivity contribution >= 4 is 5.78 Å². The molecule has 0 radical (unpaired) electrons. The van der Waals surface area contributed by atoms with E-state index in [1.807, 2.05) is 13.8 Å². The van der Waals surface area contributed by atoms with Crippen molar-refractivity contribution in [2.45, 2.75) is 26.8 Å². The molecule has 0 unspecified atom stereocenters. The van der Waals surface area contributed by atoms with Gasteiger partial charge in [0.15, 0.2) is 0 Å². The predicted molar refractivity (Wildman–Crippen MR) is 61.7 cm³/mol. The van der Waals surface area contributed by atoms with Crippen LogP contribution in [-0.2, 0) is 13.6 Å². The number of ketones is 1. The van der Waals surface area contributed by atoms with Gasteiger partial charge in [-0.2, -0.15) is 5.10 Å². The first-order valence-electron chi connectivity index (χ1n) is 5.57. The Morgan fingerprint density at radius 2 is 2.24 bits per heavy atom. The summed E-state index contributed by atoms with van der Waals surface area (Å²) in [5, 5.41) is 11.9. The first-order valence-corrected chi connectivity index (χ1v) is 5.57. The highest BCUT2D eigenvalue weighted by Gasteiger charge is 2.19. The number of hydrogen-bond acceptors (Lipinski definition) is 4. The van der Waals surface area contributed by atoms with Crippen molar-refractivity contribution in [2.75, 3.05) is 0 Å². The third-order valence-electron chi connectivity index (χ3n) is 2.54. The summed E-state index contributed by atoms with van der Waals surface area (Å²) in [4.78, 5) is 12.3. The van der Waals surface area contributed by atoms with Crippen molar-refractivity contribution in [3.05, 3.63) is 29.3 Å². The third kappa shape index (κ3) is 2.11. The van der Waals surface area contributed by atoms with Crippen molar-refractivity contribution in [3.63, 3.8) is 0 Å². The van der Waals surface area contributed by atoms with E-state index < -0.39 is 0 Å². The number of carbonyl (C=O) groups is 1. The summed E-state index contributed by atoms with van der Waals surface area (Å²) in [5.41, 5.74) is 1.84. The highest BCUT2D eigenvalue weighted by atomic mass is 16.1. The summed E-state index contributed by atoms with van der Waals surface area (Å²) < 4.78 is 3.27. The van der Waals surface area contributed by atoms with Gasteiger partial charge >= 0.3 is 0 Å². The maximum Gasteiger partial charge on any atom is 0.216 e. The fourth-order valence-electron chi connectivity index (χ4n) is 1.77. The fourth-order valence-corrected chi connectivity index (χ4v) is 1.77. The second kappa shape index (κ2) is 4.48. The van der Waals surface area contributed by atoms with E-state index in [1.54, 1.807) is 22.6 Å². The minimum absolute atomic E-state index is 0.0750. The molecule has 0 saturated carbocycles. The van der Waals surface area contributed by atoms with Gasteiger partial charge < -0.3 is 0 Å². The van der Waals surface area contributed by atoms with Gasteiger partial charge in [-0.1, -0.05) is 12.1 Å². The largest absolute Gasteiger partial charge is 0.287 e. The van der Waals surface area contributed by atoms with Crippen LogP contribution >= 0.6 is 0 Å². The summed E-state index contributed by atoms with van der Waals surface area (Å²) in [6, 6.07) is 0. The van der Waals surface area contributed by atoms with Gasteiger partial charge in [0.2, 0.25) is 5.78 Å². The monoisotopic (exact) mass is 233 g/mol. The van der Waals surface area contributed by atoms with Gasteiger partial charge in [-0.15, -0.1) is 5.10 Å². The molecule has 0 aliphatic carbocycles. The lowest BCUT2D eigenvalue weighted by Crippen LogP contribution is -2.11.